The first-order chi connectivity index (χ1) is 9.20. The average Bonchev–Trinajstić information content (AvgIpc) is 2.45. The van der Waals surface area contributed by atoms with Gasteiger partial charge in [-0.15, -0.1) is 0 Å². The summed E-state index contributed by atoms with van der Waals surface area (Å²) in [4.78, 5) is 12.0. The van der Waals surface area contributed by atoms with Crippen molar-refractivity contribution in [3.05, 3.63) is 35.4 Å². The molecule has 1 aliphatic rings. The number of carbonyl (C=O) groups excluding carboxylic acids is 1. The lowest BCUT2D eigenvalue weighted by Crippen LogP contribution is -2.32. The molecule has 0 spiro atoms. The Bertz CT molecular complexity index is 431. The lowest BCUT2D eigenvalue weighted by Gasteiger charge is -2.25. The quantitative estimate of drug-likeness (QED) is 0.853. The van der Waals surface area contributed by atoms with E-state index < -0.39 is 0 Å². The van der Waals surface area contributed by atoms with E-state index >= 15 is 0 Å². The summed E-state index contributed by atoms with van der Waals surface area (Å²) in [5.41, 5.74) is 8.34. The number of nitrogens with two attached hydrogens (primary N) is 1. The van der Waals surface area contributed by atoms with Crippen LogP contribution in [0.2, 0.25) is 0 Å². The predicted octanol–water partition coefficient (Wildman–Crippen LogP) is 2.21. The number of fused-ring (bicyclic) bond motifs is 1. The Morgan fingerprint density at radius 1 is 1.47 bits per heavy atom. The van der Waals surface area contributed by atoms with Crippen LogP contribution in [0.15, 0.2) is 24.3 Å². The summed E-state index contributed by atoms with van der Waals surface area (Å²) in [5, 5.41) is 2.99. The lowest BCUT2D eigenvalue weighted by molar-refractivity contribution is -0.121. The fourth-order valence-corrected chi connectivity index (χ4v) is 2.73. The second kappa shape index (κ2) is 6.71. The highest BCUT2D eigenvalue weighted by Crippen LogP contribution is 2.33. The van der Waals surface area contributed by atoms with Crippen molar-refractivity contribution in [3.8, 4) is 0 Å². The molecule has 0 bridgehead atoms. The van der Waals surface area contributed by atoms with Gasteiger partial charge in [0.05, 0.1) is 0 Å². The SMILES string of the molecule is CC(CN)CNC(=O)CC1CCCc2ccccc21. The fraction of sp³-hybridized carbons (Fsp3) is 0.562. The van der Waals surface area contributed by atoms with Crippen molar-refractivity contribution in [2.75, 3.05) is 13.1 Å². The minimum atomic E-state index is 0.155. The number of carbonyl (C=O) groups is 1. The van der Waals surface area contributed by atoms with Gasteiger partial charge < -0.3 is 11.1 Å². The molecule has 3 N–H and O–H groups in total. The van der Waals surface area contributed by atoms with Gasteiger partial charge in [0.2, 0.25) is 5.91 Å². The van der Waals surface area contributed by atoms with Gasteiger partial charge in [-0.1, -0.05) is 31.2 Å². The zero-order valence-electron chi connectivity index (χ0n) is 11.7. The highest BCUT2D eigenvalue weighted by atomic mass is 16.1. The first-order valence-corrected chi connectivity index (χ1v) is 7.25. The summed E-state index contributed by atoms with van der Waals surface area (Å²) in [6, 6.07) is 8.53. The molecule has 0 aliphatic heterocycles. The van der Waals surface area contributed by atoms with E-state index in [9.17, 15) is 4.79 Å². The van der Waals surface area contributed by atoms with E-state index in [1.54, 1.807) is 0 Å². The summed E-state index contributed by atoms with van der Waals surface area (Å²) in [6.45, 7) is 3.35. The molecule has 2 atom stereocenters. The monoisotopic (exact) mass is 260 g/mol. The predicted molar refractivity (Wildman–Crippen MR) is 78.0 cm³/mol. The van der Waals surface area contributed by atoms with Crippen molar-refractivity contribution in [2.24, 2.45) is 11.7 Å². The standard InChI is InChI=1S/C16H24N2O/c1-12(10-17)11-18-16(19)9-14-7-4-6-13-5-2-3-8-15(13)14/h2-3,5,8,12,14H,4,6-7,9-11,17H2,1H3,(H,18,19). The van der Waals surface area contributed by atoms with Crippen LogP contribution in [-0.4, -0.2) is 19.0 Å². The van der Waals surface area contributed by atoms with Crippen LogP contribution in [-0.2, 0) is 11.2 Å². The van der Waals surface area contributed by atoms with Crippen molar-refractivity contribution in [1.29, 1.82) is 0 Å². The maximum atomic E-state index is 12.0. The molecule has 2 unspecified atom stereocenters. The molecule has 0 fully saturated rings. The molecule has 1 aliphatic carbocycles. The Balaban J connectivity index is 1.91. The second-order valence-corrected chi connectivity index (χ2v) is 5.64. The van der Waals surface area contributed by atoms with Gasteiger partial charge in [-0.3, -0.25) is 4.79 Å². The molecular weight excluding hydrogens is 236 g/mol. The maximum Gasteiger partial charge on any atom is 0.220 e. The first-order valence-electron chi connectivity index (χ1n) is 7.25. The average molecular weight is 260 g/mol. The minimum Gasteiger partial charge on any atom is -0.356 e. The molecule has 0 heterocycles. The number of hydrogen-bond acceptors (Lipinski definition) is 2. The Hall–Kier alpha value is -1.35. The normalized spacial score (nSPS) is 19.6. The largest absolute Gasteiger partial charge is 0.356 e. The number of amides is 1. The van der Waals surface area contributed by atoms with Crippen molar-refractivity contribution in [2.45, 2.75) is 38.5 Å². The number of hydrogen-bond donors (Lipinski definition) is 2. The van der Waals surface area contributed by atoms with E-state index in [1.807, 2.05) is 0 Å². The van der Waals surface area contributed by atoms with Crippen molar-refractivity contribution in [1.82, 2.24) is 5.32 Å². The van der Waals surface area contributed by atoms with Gasteiger partial charge in [-0.2, -0.15) is 0 Å². The Morgan fingerprint density at radius 2 is 2.26 bits per heavy atom. The number of nitrogens with one attached hydrogen (secondary N) is 1. The highest BCUT2D eigenvalue weighted by molar-refractivity contribution is 5.77. The molecule has 0 saturated carbocycles. The molecule has 1 aromatic rings. The molecule has 3 nitrogen and oxygen atoms in total. The van der Waals surface area contributed by atoms with E-state index in [0.29, 0.717) is 31.3 Å². The Kier molecular flexibility index (Phi) is 4.97. The fourth-order valence-electron chi connectivity index (χ4n) is 2.73. The molecule has 0 radical (unpaired) electrons. The van der Waals surface area contributed by atoms with Crippen molar-refractivity contribution in [3.63, 3.8) is 0 Å². The Labute approximate surface area is 115 Å². The van der Waals surface area contributed by atoms with Gasteiger partial charge >= 0.3 is 0 Å². The second-order valence-electron chi connectivity index (χ2n) is 5.64. The summed E-state index contributed by atoms with van der Waals surface area (Å²) in [6.07, 6.45) is 4.07. The van der Waals surface area contributed by atoms with Gasteiger partial charge in [0.1, 0.15) is 0 Å². The smallest absolute Gasteiger partial charge is 0.220 e. The van der Waals surface area contributed by atoms with Crippen LogP contribution >= 0.6 is 0 Å². The Morgan fingerprint density at radius 3 is 3.05 bits per heavy atom. The van der Waals surface area contributed by atoms with E-state index in [1.165, 1.54) is 17.5 Å². The van der Waals surface area contributed by atoms with Crippen LogP contribution in [0.4, 0.5) is 0 Å². The summed E-state index contributed by atoms with van der Waals surface area (Å²) in [7, 11) is 0. The topological polar surface area (TPSA) is 55.1 Å². The molecule has 0 aromatic heterocycles. The summed E-state index contributed by atoms with van der Waals surface area (Å²) in [5.74, 6) is 0.891. The molecule has 19 heavy (non-hydrogen) atoms. The van der Waals surface area contributed by atoms with Gasteiger partial charge in [0, 0.05) is 13.0 Å². The zero-order valence-corrected chi connectivity index (χ0v) is 11.7. The third-order valence-corrected chi connectivity index (χ3v) is 3.98. The van der Waals surface area contributed by atoms with Gasteiger partial charge in [0.25, 0.3) is 0 Å². The molecular formula is C16H24N2O. The number of aryl methyl sites for hydroxylation is 1. The van der Waals surface area contributed by atoms with Gasteiger partial charge in [-0.25, -0.2) is 0 Å². The molecule has 2 rings (SSSR count). The summed E-state index contributed by atoms with van der Waals surface area (Å²) < 4.78 is 0. The van der Waals surface area contributed by atoms with Gasteiger partial charge in [0.15, 0.2) is 0 Å². The van der Waals surface area contributed by atoms with E-state index in [2.05, 4.69) is 36.5 Å². The number of rotatable bonds is 5. The first kappa shape index (κ1) is 14.1. The highest BCUT2D eigenvalue weighted by Gasteiger charge is 2.22. The molecule has 1 aromatic carbocycles. The maximum absolute atomic E-state index is 12.0. The molecule has 1 amide bonds. The number of benzene rings is 1. The van der Waals surface area contributed by atoms with Crippen LogP contribution in [0.1, 0.15) is 43.2 Å². The van der Waals surface area contributed by atoms with Crippen molar-refractivity contribution >= 4 is 5.91 Å². The third kappa shape index (κ3) is 3.80. The van der Waals surface area contributed by atoms with E-state index in [0.717, 1.165) is 12.8 Å². The van der Waals surface area contributed by atoms with Crippen LogP contribution in [0.5, 0.6) is 0 Å². The third-order valence-electron chi connectivity index (χ3n) is 3.98. The molecule has 3 heteroatoms. The molecule has 104 valence electrons. The van der Waals surface area contributed by atoms with E-state index in [4.69, 9.17) is 5.73 Å². The molecule has 0 saturated heterocycles. The zero-order chi connectivity index (χ0) is 13.7. The van der Waals surface area contributed by atoms with Crippen LogP contribution in [0, 0.1) is 5.92 Å². The summed E-state index contributed by atoms with van der Waals surface area (Å²) >= 11 is 0. The van der Waals surface area contributed by atoms with Crippen LogP contribution in [0.25, 0.3) is 0 Å². The van der Waals surface area contributed by atoms with E-state index in [-0.39, 0.29) is 5.91 Å². The van der Waals surface area contributed by atoms with Crippen LogP contribution < -0.4 is 11.1 Å². The van der Waals surface area contributed by atoms with Crippen molar-refractivity contribution < 1.29 is 4.79 Å². The van der Waals surface area contributed by atoms with Crippen LogP contribution in [0.3, 0.4) is 0 Å². The van der Waals surface area contributed by atoms with Gasteiger partial charge in [-0.05, 0) is 48.8 Å². The minimum absolute atomic E-state index is 0.155. The lowest BCUT2D eigenvalue weighted by atomic mass is 9.81.